The van der Waals surface area contributed by atoms with Gasteiger partial charge in [0.05, 0.1) is 16.6 Å². The summed E-state index contributed by atoms with van der Waals surface area (Å²) in [5.74, 6) is -0.0440. The van der Waals surface area contributed by atoms with Crippen molar-refractivity contribution in [3.8, 4) is 5.69 Å². The Hall–Kier alpha value is -2.95. The minimum atomic E-state index is -0.115. The van der Waals surface area contributed by atoms with Gasteiger partial charge in [-0.1, -0.05) is 37.8 Å². The van der Waals surface area contributed by atoms with Gasteiger partial charge in [-0.2, -0.15) is 0 Å². The maximum atomic E-state index is 12.7. The Balaban J connectivity index is 1.54. The van der Waals surface area contributed by atoms with E-state index in [1.807, 2.05) is 18.2 Å². The number of fused-ring (bicyclic) bond motifs is 1. The van der Waals surface area contributed by atoms with E-state index in [2.05, 4.69) is 10.3 Å². The van der Waals surface area contributed by atoms with E-state index in [0.717, 1.165) is 12.8 Å². The molecular weight excluding hydrogens is 338 g/mol. The van der Waals surface area contributed by atoms with Crippen LogP contribution < -0.4 is 10.9 Å². The molecule has 0 bridgehead atoms. The third-order valence-corrected chi connectivity index (χ3v) is 5.26. The summed E-state index contributed by atoms with van der Waals surface area (Å²) in [5.41, 5.74) is 1.88. The molecular formula is C22H23N3O2. The molecule has 1 N–H and O–H groups in total. The monoisotopic (exact) mass is 361 g/mol. The number of nitrogens with one attached hydrogen (secondary N) is 1. The Morgan fingerprint density at radius 2 is 1.67 bits per heavy atom. The summed E-state index contributed by atoms with van der Waals surface area (Å²) in [7, 11) is 0. The Morgan fingerprint density at radius 1 is 0.963 bits per heavy atom. The number of hydrogen-bond donors (Lipinski definition) is 1. The van der Waals surface area contributed by atoms with Crippen molar-refractivity contribution in [1.29, 1.82) is 0 Å². The zero-order valence-electron chi connectivity index (χ0n) is 15.2. The van der Waals surface area contributed by atoms with Crippen LogP contribution in [-0.2, 0) is 0 Å². The summed E-state index contributed by atoms with van der Waals surface area (Å²) < 4.78 is 1.51. The van der Waals surface area contributed by atoms with Gasteiger partial charge in [-0.3, -0.25) is 14.2 Å². The molecule has 0 spiro atoms. The molecule has 1 aromatic heterocycles. The van der Waals surface area contributed by atoms with Crippen LogP contribution >= 0.6 is 0 Å². The number of hydrogen-bond acceptors (Lipinski definition) is 3. The molecule has 1 fully saturated rings. The molecule has 1 heterocycles. The molecule has 0 aliphatic heterocycles. The molecule has 0 unspecified atom stereocenters. The normalized spacial score (nSPS) is 15.4. The number of benzene rings is 2. The average Bonchev–Trinajstić information content (AvgIpc) is 2.97. The standard InChI is InChI=1S/C22H23N3O2/c26-21(24-17-7-3-1-2-4-8-17)16-11-13-18(14-12-16)25-15-23-20-10-6-5-9-19(20)22(25)27/h5-6,9-15,17H,1-4,7-8H2,(H,24,26). The number of amides is 1. The first-order valence-corrected chi connectivity index (χ1v) is 9.60. The van der Waals surface area contributed by atoms with Gasteiger partial charge in [-0.15, -0.1) is 0 Å². The van der Waals surface area contributed by atoms with Crippen molar-refractivity contribution in [2.45, 2.75) is 44.6 Å². The van der Waals surface area contributed by atoms with Gasteiger partial charge in [0.2, 0.25) is 0 Å². The van der Waals surface area contributed by atoms with E-state index in [-0.39, 0.29) is 17.5 Å². The lowest BCUT2D eigenvalue weighted by Crippen LogP contribution is -2.34. The number of carbonyl (C=O) groups excluding carboxylic acids is 1. The minimum Gasteiger partial charge on any atom is -0.349 e. The molecule has 3 aromatic rings. The highest BCUT2D eigenvalue weighted by atomic mass is 16.1. The van der Waals surface area contributed by atoms with Crippen molar-refractivity contribution >= 4 is 16.8 Å². The van der Waals surface area contributed by atoms with Crippen LogP contribution in [0.4, 0.5) is 0 Å². The Kier molecular flexibility index (Phi) is 5.01. The van der Waals surface area contributed by atoms with Gasteiger partial charge in [0.15, 0.2) is 0 Å². The highest BCUT2D eigenvalue weighted by Crippen LogP contribution is 2.18. The van der Waals surface area contributed by atoms with Crippen molar-refractivity contribution in [2.24, 2.45) is 0 Å². The Bertz CT molecular complexity index is 1000. The number of para-hydroxylation sites is 1. The number of carbonyl (C=O) groups is 1. The zero-order chi connectivity index (χ0) is 18.6. The summed E-state index contributed by atoms with van der Waals surface area (Å²) in [4.78, 5) is 29.6. The zero-order valence-corrected chi connectivity index (χ0v) is 15.2. The number of rotatable bonds is 3. The fourth-order valence-corrected chi connectivity index (χ4v) is 3.72. The van der Waals surface area contributed by atoms with Gasteiger partial charge in [0.1, 0.15) is 6.33 Å². The van der Waals surface area contributed by atoms with Crippen molar-refractivity contribution in [1.82, 2.24) is 14.9 Å². The molecule has 1 amide bonds. The van der Waals surface area contributed by atoms with E-state index in [1.54, 1.807) is 30.3 Å². The summed E-state index contributed by atoms with van der Waals surface area (Å²) in [6.45, 7) is 0. The molecule has 1 aliphatic carbocycles. The maximum Gasteiger partial charge on any atom is 0.265 e. The lowest BCUT2D eigenvalue weighted by Gasteiger charge is -2.16. The Labute approximate surface area is 158 Å². The van der Waals surface area contributed by atoms with Crippen LogP contribution in [0.3, 0.4) is 0 Å². The van der Waals surface area contributed by atoms with Gasteiger partial charge in [0, 0.05) is 11.6 Å². The van der Waals surface area contributed by atoms with Gasteiger partial charge < -0.3 is 5.32 Å². The average molecular weight is 361 g/mol. The van der Waals surface area contributed by atoms with Gasteiger partial charge in [0.25, 0.3) is 11.5 Å². The topological polar surface area (TPSA) is 64.0 Å². The highest BCUT2D eigenvalue weighted by molar-refractivity contribution is 5.94. The van der Waals surface area contributed by atoms with E-state index in [9.17, 15) is 9.59 Å². The molecule has 5 nitrogen and oxygen atoms in total. The fourth-order valence-electron chi connectivity index (χ4n) is 3.72. The summed E-state index contributed by atoms with van der Waals surface area (Å²) in [6.07, 6.45) is 8.53. The largest absolute Gasteiger partial charge is 0.349 e. The quantitative estimate of drug-likeness (QED) is 0.721. The summed E-state index contributed by atoms with van der Waals surface area (Å²) in [6, 6.07) is 14.7. The molecule has 0 atom stereocenters. The first-order chi connectivity index (χ1) is 13.2. The van der Waals surface area contributed by atoms with Crippen LogP contribution in [0, 0.1) is 0 Å². The fraction of sp³-hybridized carbons (Fsp3) is 0.318. The molecule has 27 heavy (non-hydrogen) atoms. The molecule has 1 aliphatic rings. The molecule has 1 saturated carbocycles. The second-order valence-corrected chi connectivity index (χ2v) is 7.15. The first kappa shape index (κ1) is 17.5. The van der Waals surface area contributed by atoms with Gasteiger partial charge in [-0.25, -0.2) is 4.98 Å². The van der Waals surface area contributed by atoms with Crippen LogP contribution in [0.25, 0.3) is 16.6 Å². The van der Waals surface area contributed by atoms with Crippen molar-refractivity contribution < 1.29 is 4.79 Å². The second kappa shape index (κ2) is 7.74. The molecule has 0 radical (unpaired) electrons. The lowest BCUT2D eigenvalue weighted by molar-refractivity contribution is 0.0933. The lowest BCUT2D eigenvalue weighted by atomic mass is 10.1. The van der Waals surface area contributed by atoms with Crippen LogP contribution in [-0.4, -0.2) is 21.5 Å². The third-order valence-electron chi connectivity index (χ3n) is 5.26. The molecule has 5 heteroatoms. The maximum absolute atomic E-state index is 12.7. The summed E-state index contributed by atoms with van der Waals surface area (Å²) >= 11 is 0. The first-order valence-electron chi connectivity index (χ1n) is 9.60. The van der Waals surface area contributed by atoms with Gasteiger partial charge in [-0.05, 0) is 49.2 Å². The number of nitrogens with zero attached hydrogens (tertiary/aromatic N) is 2. The van der Waals surface area contributed by atoms with Crippen LogP contribution in [0.1, 0.15) is 48.9 Å². The smallest absolute Gasteiger partial charge is 0.265 e. The molecule has 2 aromatic carbocycles. The molecule has 4 rings (SSSR count). The van der Waals surface area contributed by atoms with Gasteiger partial charge >= 0.3 is 0 Å². The third kappa shape index (κ3) is 3.77. The van der Waals surface area contributed by atoms with Crippen LogP contribution in [0.15, 0.2) is 59.7 Å². The molecule has 138 valence electrons. The van der Waals surface area contributed by atoms with Crippen LogP contribution in [0.5, 0.6) is 0 Å². The predicted molar refractivity (Wildman–Crippen MR) is 106 cm³/mol. The van der Waals surface area contributed by atoms with Crippen molar-refractivity contribution in [3.05, 3.63) is 70.8 Å². The SMILES string of the molecule is O=C(NC1CCCCCC1)c1ccc(-n2cnc3ccccc3c2=O)cc1. The second-order valence-electron chi connectivity index (χ2n) is 7.15. The Morgan fingerprint density at radius 3 is 2.41 bits per heavy atom. The van der Waals surface area contributed by atoms with E-state index < -0.39 is 0 Å². The number of aromatic nitrogens is 2. The highest BCUT2D eigenvalue weighted by Gasteiger charge is 2.16. The van der Waals surface area contributed by atoms with Crippen molar-refractivity contribution in [2.75, 3.05) is 0 Å². The van der Waals surface area contributed by atoms with E-state index in [4.69, 9.17) is 0 Å². The van der Waals surface area contributed by atoms with E-state index in [0.29, 0.717) is 22.2 Å². The van der Waals surface area contributed by atoms with Crippen molar-refractivity contribution in [3.63, 3.8) is 0 Å². The van der Waals surface area contributed by atoms with Crippen LogP contribution in [0.2, 0.25) is 0 Å². The summed E-state index contributed by atoms with van der Waals surface area (Å²) in [5, 5.41) is 3.73. The molecule has 0 saturated heterocycles. The van der Waals surface area contributed by atoms with E-state index >= 15 is 0 Å². The minimum absolute atomic E-state index is 0.0440. The predicted octanol–water partition coefficient (Wildman–Crippen LogP) is 3.84. The van der Waals surface area contributed by atoms with E-state index in [1.165, 1.54) is 36.6 Å².